The Morgan fingerprint density at radius 3 is 2.38 bits per heavy atom. The molecule has 0 aromatic rings. The van der Waals surface area contributed by atoms with E-state index in [1.54, 1.807) is 0 Å². The molecule has 1 rings (SSSR count). The Kier molecular flexibility index (Phi) is 7.01. The predicted molar refractivity (Wildman–Crippen MR) is 70.6 cm³/mol. The van der Waals surface area contributed by atoms with E-state index in [2.05, 4.69) is 23.6 Å². The molecule has 3 heteroatoms. The fourth-order valence-electron chi connectivity index (χ4n) is 2.43. The zero-order valence-corrected chi connectivity index (χ0v) is 11.1. The van der Waals surface area contributed by atoms with Gasteiger partial charge in [-0.15, -0.1) is 0 Å². The van der Waals surface area contributed by atoms with Gasteiger partial charge in [-0.3, -0.25) is 0 Å². The molecule has 0 aliphatic carbocycles. The van der Waals surface area contributed by atoms with Gasteiger partial charge in [0.05, 0.1) is 0 Å². The van der Waals surface area contributed by atoms with Crippen LogP contribution in [0.25, 0.3) is 0 Å². The smallest absolute Gasteiger partial charge is 0.0109 e. The van der Waals surface area contributed by atoms with Crippen LogP contribution in [0.3, 0.4) is 0 Å². The zero-order chi connectivity index (χ0) is 11.8. The zero-order valence-electron chi connectivity index (χ0n) is 11.1. The SMILES string of the molecule is CC(C)CN1CCCN(CCCCN)CC1. The maximum Gasteiger partial charge on any atom is 0.0109 e. The highest BCUT2D eigenvalue weighted by molar-refractivity contribution is 4.70. The van der Waals surface area contributed by atoms with Crippen molar-refractivity contribution in [3.63, 3.8) is 0 Å². The van der Waals surface area contributed by atoms with Crippen molar-refractivity contribution in [1.82, 2.24) is 9.80 Å². The summed E-state index contributed by atoms with van der Waals surface area (Å²) in [6.45, 7) is 13.0. The number of unbranched alkanes of at least 4 members (excludes halogenated alkanes) is 1. The van der Waals surface area contributed by atoms with Crippen molar-refractivity contribution in [3.05, 3.63) is 0 Å². The van der Waals surface area contributed by atoms with Gasteiger partial charge in [-0.05, 0) is 51.4 Å². The van der Waals surface area contributed by atoms with Crippen molar-refractivity contribution >= 4 is 0 Å². The van der Waals surface area contributed by atoms with Crippen molar-refractivity contribution in [2.24, 2.45) is 11.7 Å². The molecule has 0 bridgehead atoms. The molecule has 2 N–H and O–H groups in total. The van der Waals surface area contributed by atoms with Crippen molar-refractivity contribution in [3.8, 4) is 0 Å². The second-order valence-corrected chi connectivity index (χ2v) is 5.39. The van der Waals surface area contributed by atoms with Gasteiger partial charge in [-0.1, -0.05) is 13.8 Å². The first-order valence-corrected chi connectivity index (χ1v) is 6.87. The lowest BCUT2D eigenvalue weighted by Crippen LogP contribution is -2.33. The molecule has 96 valence electrons. The number of nitrogens with zero attached hydrogens (tertiary/aromatic N) is 2. The summed E-state index contributed by atoms with van der Waals surface area (Å²) in [4.78, 5) is 5.23. The van der Waals surface area contributed by atoms with Crippen LogP contribution in [0.15, 0.2) is 0 Å². The maximum absolute atomic E-state index is 5.53. The largest absolute Gasteiger partial charge is 0.330 e. The van der Waals surface area contributed by atoms with Crippen LogP contribution in [0.4, 0.5) is 0 Å². The lowest BCUT2D eigenvalue weighted by Gasteiger charge is -2.23. The van der Waals surface area contributed by atoms with Crippen molar-refractivity contribution in [1.29, 1.82) is 0 Å². The molecular formula is C13H29N3. The third-order valence-electron chi connectivity index (χ3n) is 3.23. The summed E-state index contributed by atoms with van der Waals surface area (Å²) in [6.07, 6.45) is 3.77. The van der Waals surface area contributed by atoms with E-state index in [1.165, 1.54) is 58.5 Å². The molecule has 1 saturated heterocycles. The van der Waals surface area contributed by atoms with Crippen LogP contribution in [-0.4, -0.2) is 55.6 Å². The lowest BCUT2D eigenvalue weighted by atomic mass is 10.2. The van der Waals surface area contributed by atoms with E-state index in [0.717, 1.165) is 12.5 Å². The van der Waals surface area contributed by atoms with Crippen LogP contribution in [0.1, 0.15) is 33.1 Å². The normalized spacial score (nSPS) is 20.2. The van der Waals surface area contributed by atoms with Crippen LogP contribution in [0, 0.1) is 5.92 Å². The third-order valence-corrected chi connectivity index (χ3v) is 3.23. The van der Waals surface area contributed by atoms with Crippen molar-refractivity contribution in [2.75, 3.05) is 45.8 Å². The fraction of sp³-hybridized carbons (Fsp3) is 1.00. The number of rotatable bonds is 6. The number of hydrogen-bond acceptors (Lipinski definition) is 3. The Labute approximate surface area is 101 Å². The Morgan fingerprint density at radius 2 is 1.69 bits per heavy atom. The Bertz CT molecular complexity index is 171. The van der Waals surface area contributed by atoms with Crippen LogP contribution in [0.2, 0.25) is 0 Å². The first kappa shape index (κ1) is 13.9. The summed E-state index contributed by atoms with van der Waals surface area (Å²) in [5.74, 6) is 0.795. The lowest BCUT2D eigenvalue weighted by molar-refractivity contribution is 0.236. The van der Waals surface area contributed by atoms with Gasteiger partial charge >= 0.3 is 0 Å². The van der Waals surface area contributed by atoms with E-state index < -0.39 is 0 Å². The van der Waals surface area contributed by atoms with Gasteiger partial charge in [0.2, 0.25) is 0 Å². The summed E-state index contributed by atoms with van der Waals surface area (Å²) >= 11 is 0. The topological polar surface area (TPSA) is 32.5 Å². The molecule has 1 heterocycles. The fourth-order valence-corrected chi connectivity index (χ4v) is 2.43. The Morgan fingerprint density at radius 1 is 1.00 bits per heavy atom. The molecule has 0 amide bonds. The second kappa shape index (κ2) is 8.04. The Balaban J connectivity index is 2.18. The molecule has 3 nitrogen and oxygen atoms in total. The minimum Gasteiger partial charge on any atom is -0.330 e. The van der Waals surface area contributed by atoms with Gasteiger partial charge < -0.3 is 15.5 Å². The predicted octanol–water partition coefficient (Wildman–Crippen LogP) is 1.39. The minimum atomic E-state index is 0.795. The second-order valence-electron chi connectivity index (χ2n) is 5.39. The average molecular weight is 227 g/mol. The first-order chi connectivity index (χ1) is 7.72. The molecule has 1 fully saturated rings. The Hall–Kier alpha value is -0.120. The quantitative estimate of drug-likeness (QED) is 0.696. The molecular weight excluding hydrogens is 198 g/mol. The van der Waals surface area contributed by atoms with Crippen LogP contribution < -0.4 is 5.73 Å². The van der Waals surface area contributed by atoms with E-state index in [0.29, 0.717) is 0 Å². The average Bonchev–Trinajstić information content (AvgIpc) is 2.44. The molecule has 1 aliphatic heterocycles. The summed E-state index contributed by atoms with van der Waals surface area (Å²) in [5, 5.41) is 0. The third kappa shape index (κ3) is 5.83. The van der Waals surface area contributed by atoms with Gasteiger partial charge in [-0.2, -0.15) is 0 Å². The van der Waals surface area contributed by atoms with E-state index in [-0.39, 0.29) is 0 Å². The van der Waals surface area contributed by atoms with Gasteiger partial charge in [0.1, 0.15) is 0 Å². The summed E-state index contributed by atoms with van der Waals surface area (Å²) < 4.78 is 0. The van der Waals surface area contributed by atoms with Crippen molar-refractivity contribution in [2.45, 2.75) is 33.1 Å². The van der Waals surface area contributed by atoms with E-state index in [9.17, 15) is 0 Å². The van der Waals surface area contributed by atoms with E-state index in [1.807, 2.05) is 0 Å². The highest BCUT2D eigenvalue weighted by Crippen LogP contribution is 2.06. The monoisotopic (exact) mass is 227 g/mol. The van der Waals surface area contributed by atoms with Crippen LogP contribution >= 0.6 is 0 Å². The molecule has 16 heavy (non-hydrogen) atoms. The molecule has 0 radical (unpaired) electrons. The van der Waals surface area contributed by atoms with Crippen LogP contribution in [0.5, 0.6) is 0 Å². The molecule has 0 unspecified atom stereocenters. The summed E-state index contributed by atoms with van der Waals surface area (Å²) in [6, 6.07) is 0. The molecule has 0 saturated carbocycles. The molecule has 0 aromatic carbocycles. The maximum atomic E-state index is 5.53. The van der Waals surface area contributed by atoms with Crippen LogP contribution in [-0.2, 0) is 0 Å². The highest BCUT2D eigenvalue weighted by atomic mass is 15.2. The molecule has 0 atom stereocenters. The van der Waals surface area contributed by atoms with Gasteiger partial charge in [0.15, 0.2) is 0 Å². The molecule has 1 aliphatic rings. The van der Waals surface area contributed by atoms with Gasteiger partial charge in [-0.25, -0.2) is 0 Å². The number of nitrogens with two attached hydrogens (primary N) is 1. The molecule has 0 aromatic heterocycles. The number of hydrogen-bond donors (Lipinski definition) is 1. The molecule has 0 spiro atoms. The minimum absolute atomic E-state index is 0.795. The summed E-state index contributed by atoms with van der Waals surface area (Å²) in [7, 11) is 0. The summed E-state index contributed by atoms with van der Waals surface area (Å²) in [5.41, 5.74) is 5.53. The standard InChI is InChI=1S/C13H29N3/c1-13(2)12-16-9-5-8-15(10-11-16)7-4-3-6-14/h13H,3-12,14H2,1-2H3. The highest BCUT2D eigenvalue weighted by Gasteiger charge is 2.14. The van der Waals surface area contributed by atoms with Gasteiger partial charge in [0.25, 0.3) is 0 Å². The van der Waals surface area contributed by atoms with E-state index in [4.69, 9.17) is 5.73 Å². The van der Waals surface area contributed by atoms with Crippen molar-refractivity contribution < 1.29 is 0 Å². The van der Waals surface area contributed by atoms with E-state index >= 15 is 0 Å². The van der Waals surface area contributed by atoms with Gasteiger partial charge in [0, 0.05) is 19.6 Å². The first-order valence-electron chi connectivity index (χ1n) is 6.87.